The Balaban J connectivity index is 3.44. The molecule has 1 heteroatoms. The van der Waals surface area contributed by atoms with E-state index in [0.29, 0.717) is 0 Å². The van der Waals surface area contributed by atoms with Crippen LogP contribution in [-0.4, -0.2) is 12.6 Å². The van der Waals surface area contributed by atoms with Gasteiger partial charge in [0.25, 0.3) is 0 Å². The number of hydrogen-bond donors (Lipinski definition) is 1. The zero-order chi connectivity index (χ0) is 12.9. The summed E-state index contributed by atoms with van der Waals surface area (Å²) in [6.07, 6.45) is 13.6. The van der Waals surface area contributed by atoms with Gasteiger partial charge in [0.15, 0.2) is 0 Å². The average molecular weight is 237 g/mol. The molecule has 1 N–H and O–H groups in total. The van der Waals surface area contributed by atoms with Crippen LogP contribution in [0.5, 0.6) is 0 Å². The van der Waals surface area contributed by atoms with Crippen molar-refractivity contribution < 1.29 is 0 Å². The Kier molecular flexibility index (Phi) is 11.5. The lowest BCUT2D eigenvalue weighted by Gasteiger charge is -2.16. The Bertz CT molecular complexity index is 200. The highest BCUT2D eigenvalue weighted by Gasteiger charge is 2.04. The Morgan fingerprint density at radius 1 is 1.18 bits per heavy atom. The van der Waals surface area contributed by atoms with Crippen LogP contribution >= 0.6 is 0 Å². The van der Waals surface area contributed by atoms with Crippen molar-refractivity contribution in [3.8, 4) is 0 Å². The van der Waals surface area contributed by atoms with Gasteiger partial charge in [0.2, 0.25) is 0 Å². The lowest BCUT2D eigenvalue weighted by atomic mass is 10.0. The topological polar surface area (TPSA) is 12.0 Å². The summed E-state index contributed by atoms with van der Waals surface area (Å²) in [7, 11) is 0. The number of unbranched alkanes of at least 4 members (excludes halogenated alkanes) is 3. The van der Waals surface area contributed by atoms with Crippen LogP contribution in [0.25, 0.3) is 0 Å². The summed E-state index contributed by atoms with van der Waals surface area (Å²) >= 11 is 0. The normalized spacial score (nSPS) is 13.1. The first-order valence-corrected chi connectivity index (χ1v) is 7.26. The average Bonchev–Trinajstić information content (AvgIpc) is 2.28. The molecule has 17 heavy (non-hydrogen) atoms. The summed E-state index contributed by atoms with van der Waals surface area (Å²) in [5, 5.41) is 3.57. The third kappa shape index (κ3) is 11.7. The minimum Gasteiger partial charge on any atom is -0.314 e. The zero-order valence-corrected chi connectivity index (χ0v) is 12.1. The van der Waals surface area contributed by atoms with E-state index in [-0.39, 0.29) is 0 Å². The molecule has 0 fully saturated rings. The highest BCUT2D eigenvalue weighted by molar-refractivity contribution is 5.10. The lowest BCUT2D eigenvalue weighted by molar-refractivity contribution is 0.438. The molecule has 0 saturated carbocycles. The summed E-state index contributed by atoms with van der Waals surface area (Å²) in [5.74, 6) is 0. The molecular weight excluding hydrogens is 206 g/mol. The molecule has 0 saturated heterocycles. The molecule has 1 nitrogen and oxygen atoms in total. The molecule has 0 aromatic rings. The molecule has 0 aliphatic rings. The van der Waals surface area contributed by atoms with Crippen LogP contribution in [-0.2, 0) is 0 Å². The van der Waals surface area contributed by atoms with Crippen LogP contribution in [0.1, 0.15) is 65.7 Å². The van der Waals surface area contributed by atoms with Gasteiger partial charge in [0.1, 0.15) is 0 Å². The maximum Gasteiger partial charge on any atom is 0.00668 e. The van der Waals surface area contributed by atoms with Crippen LogP contribution in [0, 0.1) is 0 Å². The lowest BCUT2D eigenvalue weighted by Crippen LogP contribution is -2.28. The van der Waals surface area contributed by atoms with Gasteiger partial charge >= 0.3 is 0 Å². The molecule has 1 unspecified atom stereocenters. The molecule has 1 atom stereocenters. The van der Waals surface area contributed by atoms with Crippen molar-refractivity contribution in [1.82, 2.24) is 5.32 Å². The van der Waals surface area contributed by atoms with Crippen molar-refractivity contribution >= 4 is 0 Å². The molecule has 0 aromatic carbocycles. The van der Waals surface area contributed by atoms with Crippen LogP contribution in [0.4, 0.5) is 0 Å². The van der Waals surface area contributed by atoms with Gasteiger partial charge in [-0.15, -0.1) is 0 Å². The van der Waals surface area contributed by atoms with Crippen LogP contribution in [0.15, 0.2) is 24.3 Å². The fourth-order valence-electron chi connectivity index (χ4n) is 2.10. The molecule has 100 valence electrons. The summed E-state index contributed by atoms with van der Waals surface area (Å²) in [6, 6.07) is 0.746. The van der Waals surface area contributed by atoms with Gasteiger partial charge in [0, 0.05) is 6.04 Å². The fraction of sp³-hybridized carbons (Fsp3) is 0.750. The van der Waals surface area contributed by atoms with Gasteiger partial charge in [-0.2, -0.15) is 0 Å². The van der Waals surface area contributed by atoms with Gasteiger partial charge in [0.05, 0.1) is 0 Å². The third-order valence-corrected chi connectivity index (χ3v) is 2.96. The molecule has 0 heterocycles. The van der Waals surface area contributed by atoms with Gasteiger partial charge < -0.3 is 5.32 Å². The molecular formula is C16H31N. The second-order valence-corrected chi connectivity index (χ2v) is 4.93. The molecule has 0 aliphatic carbocycles. The molecule has 0 amide bonds. The van der Waals surface area contributed by atoms with Crippen molar-refractivity contribution in [1.29, 1.82) is 0 Å². The number of nitrogens with one attached hydrogen (secondary N) is 1. The van der Waals surface area contributed by atoms with E-state index in [4.69, 9.17) is 0 Å². The predicted molar refractivity (Wildman–Crippen MR) is 79.4 cm³/mol. The van der Waals surface area contributed by atoms with Crippen molar-refractivity contribution in [2.45, 2.75) is 71.8 Å². The number of allylic oxidation sites excluding steroid dienone is 3. The smallest absolute Gasteiger partial charge is 0.00668 e. The van der Waals surface area contributed by atoms with Crippen molar-refractivity contribution in [2.75, 3.05) is 6.54 Å². The summed E-state index contributed by atoms with van der Waals surface area (Å²) in [6.45, 7) is 11.5. The largest absolute Gasteiger partial charge is 0.314 e. The first-order valence-electron chi connectivity index (χ1n) is 7.26. The standard InChI is InChI=1S/C16H31N/c1-5-12-16(17-6-2)14-11-9-7-8-10-13-15(3)4/h10,13,16-17H,3,5-9,11-12,14H2,1-2,4H3/b13-10-. The minimum absolute atomic E-state index is 0.746. The highest BCUT2D eigenvalue weighted by Crippen LogP contribution is 2.10. The molecule has 0 bridgehead atoms. The molecule has 0 rings (SSSR count). The minimum atomic E-state index is 0.746. The van der Waals surface area contributed by atoms with E-state index in [0.717, 1.165) is 18.2 Å². The fourth-order valence-corrected chi connectivity index (χ4v) is 2.10. The third-order valence-electron chi connectivity index (χ3n) is 2.96. The van der Waals surface area contributed by atoms with Gasteiger partial charge in [-0.3, -0.25) is 0 Å². The Morgan fingerprint density at radius 2 is 1.94 bits per heavy atom. The van der Waals surface area contributed by atoms with Gasteiger partial charge in [-0.05, 0) is 39.2 Å². The first kappa shape index (κ1) is 16.4. The van der Waals surface area contributed by atoms with E-state index in [2.05, 4.69) is 37.9 Å². The second-order valence-electron chi connectivity index (χ2n) is 4.93. The summed E-state index contributed by atoms with van der Waals surface area (Å²) in [4.78, 5) is 0. The van der Waals surface area contributed by atoms with Crippen LogP contribution in [0.3, 0.4) is 0 Å². The predicted octanol–water partition coefficient (Wildman–Crippen LogP) is 4.85. The first-order chi connectivity index (χ1) is 8.20. The van der Waals surface area contributed by atoms with Gasteiger partial charge in [-0.1, -0.05) is 57.4 Å². The highest BCUT2D eigenvalue weighted by atomic mass is 14.9. The van der Waals surface area contributed by atoms with Crippen molar-refractivity contribution in [3.63, 3.8) is 0 Å². The monoisotopic (exact) mass is 237 g/mol. The zero-order valence-electron chi connectivity index (χ0n) is 12.1. The van der Waals surface area contributed by atoms with Crippen LogP contribution < -0.4 is 5.32 Å². The maximum absolute atomic E-state index is 3.86. The maximum atomic E-state index is 3.86. The molecule has 0 aromatic heterocycles. The molecule has 0 radical (unpaired) electrons. The second kappa shape index (κ2) is 11.9. The molecule has 0 aliphatic heterocycles. The number of rotatable bonds is 11. The summed E-state index contributed by atoms with van der Waals surface area (Å²) in [5.41, 5.74) is 1.15. The van der Waals surface area contributed by atoms with E-state index >= 15 is 0 Å². The number of hydrogen-bond acceptors (Lipinski definition) is 1. The van der Waals surface area contributed by atoms with E-state index in [1.165, 1.54) is 44.9 Å². The van der Waals surface area contributed by atoms with Crippen LogP contribution in [0.2, 0.25) is 0 Å². The van der Waals surface area contributed by atoms with E-state index in [9.17, 15) is 0 Å². The quantitative estimate of drug-likeness (QED) is 0.400. The van der Waals surface area contributed by atoms with E-state index in [1.54, 1.807) is 0 Å². The Hall–Kier alpha value is -0.560. The summed E-state index contributed by atoms with van der Waals surface area (Å²) < 4.78 is 0. The van der Waals surface area contributed by atoms with E-state index < -0.39 is 0 Å². The Morgan fingerprint density at radius 3 is 2.53 bits per heavy atom. The Labute approximate surface area is 108 Å². The van der Waals surface area contributed by atoms with E-state index in [1.807, 2.05) is 6.92 Å². The van der Waals surface area contributed by atoms with Gasteiger partial charge in [-0.25, -0.2) is 0 Å². The van der Waals surface area contributed by atoms with Crippen molar-refractivity contribution in [3.05, 3.63) is 24.3 Å². The molecule has 0 spiro atoms. The SMILES string of the molecule is C=C(C)/C=C\CCCCCC(CCC)NCC. The van der Waals surface area contributed by atoms with Crippen molar-refractivity contribution in [2.24, 2.45) is 0 Å².